The van der Waals surface area contributed by atoms with Crippen molar-refractivity contribution in [1.82, 2.24) is 5.32 Å². The van der Waals surface area contributed by atoms with E-state index in [0.29, 0.717) is 35.1 Å². The average Bonchev–Trinajstić information content (AvgIpc) is 3.15. The molecule has 29 heavy (non-hydrogen) atoms. The largest absolute Gasteiger partial charge is 0.493 e. The Kier molecular flexibility index (Phi) is 5.60. The SMILES string of the molecule is O=C(NC(c1ccc2c(c1)CCO2)c1cc(Cl)ccc1Cl)C1=CS(=O)(=O)CCC1. The lowest BCUT2D eigenvalue weighted by molar-refractivity contribution is -0.118. The quantitative estimate of drug-likeness (QED) is 0.754. The lowest BCUT2D eigenvalue weighted by Crippen LogP contribution is -2.32. The van der Waals surface area contributed by atoms with Crippen molar-refractivity contribution in [2.45, 2.75) is 25.3 Å². The molecule has 0 aromatic heterocycles. The van der Waals surface area contributed by atoms with E-state index >= 15 is 0 Å². The first-order valence-corrected chi connectivity index (χ1v) is 11.7. The molecule has 2 aliphatic heterocycles. The van der Waals surface area contributed by atoms with Gasteiger partial charge in [-0.1, -0.05) is 29.3 Å². The standard InChI is InChI=1S/C21H19Cl2NO4S/c22-16-4-5-18(23)17(11-16)20(14-3-6-19-13(10-14)7-8-28-19)24-21(25)15-2-1-9-29(26,27)12-15/h3-6,10-12,20H,1-2,7-9H2,(H,24,25). The van der Waals surface area contributed by atoms with Crippen molar-refractivity contribution in [1.29, 1.82) is 0 Å². The molecule has 5 nitrogen and oxygen atoms in total. The number of carbonyl (C=O) groups is 1. The summed E-state index contributed by atoms with van der Waals surface area (Å²) in [6, 6.07) is 10.2. The fourth-order valence-electron chi connectivity index (χ4n) is 3.65. The van der Waals surface area contributed by atoms with Gasteiger partial charge in [0.05, 0.1) is 18.4 Å². The summed E-state index contributed by atoms with van der Waals surface area (Å²) in [4.78, 5) is 12.9. The summed E-state index contributed by atoms with van der Waals surface area (Å²) in [7, 11) is -3.35. The fraction of sp³-hybridized carbons (Fsp3) is 0.286. The van der Waals surface area contributed by atoms with Gasteiger partial charge in [0.25, 0.3) is 0 Å². The lowest BCUT2D eigenvalue weighted by Gasteiger charge is -2.23. The van der Waals surface area contributed by atoms with Crippen LogP contribution in [0.5, 0.6) is 5.75 Å². The molecule has 2 heterocycles. The minimum Gasteiger partial charge on any atom is -0.493 e. The van der Waals surface area contributed by atoms with Crippen LogP contribution in [0.25, 0.3) is 0 Å². The highest BCUT2D eigenvalue weighted by Gasteiger charge is 2.26. The Morgan fingerprint density at radius 1 is 1.10 bits per heavy atom. The topological polar surface area (TPSA) is 72.5 Å². The number of rotatable bonds is 4. The van der Waals surface area contributed by atoms with Gasteiger partial charge in [0.1, 0.15) is 5.75 Å². The fourth-order valence-corrected chi connectivity index (χ4v) is 5.38. The van der Waals surface area contributed by atoms with Crippen LogP contribution in [0.2, 0.25) is 10.0 Å². The van der Waals surface area contributed by atoms with Gasteiger partial charge in [-0.05, 0) is 59.9 Å². The molecule has 0 bridgehead atoms. The van der Waals surface area contributed by atoms with Crippen molar-refractivity contribution >= 4 is 38.9 Å². The molecule has 2 aromatic rings. The zero-order valence-corrected chi connectivity index (χ0v) is 17.8. The average molecular weight is 452 g/mol. The number of amides is 1. The molecule has 2 aromatic carbocycles. The highest BCUT2D eigenvalue weighted by Crippen LogP contribution is 2.35. The van der Waals surface area contributed by atoms with E-state index in [9.17, 15) is 13.2 Å². The summed E-state index contributed by atoms with van der Waals surface area (Å²) >= 11 is 12.6. The third-order valence-corrected chi connectivity index (χ3v) is 7.16. The minimum absolute atomic E-state index is 0.0676. The maximum Gasteiger partial charge on any atom is 0.248 e. The van der Waals surface area contributed by atoms with Crippen LogP contribution in [0.15, 0.2) is 47.4 Å². The Hall–Kier alpha value is -2.02. The molecule has 4 rings (SSSR count). The zero-order chi connectivity index (χ0) is 20.6. The van der Waals surface area contributed by atoms with Gasteiger partial charge >= 0.3 is 0 Å². The third kappa shape index (κ3) is 4.44. The molecule has 0 saturated heterocycles. The van der Waals surface area contributed by atoms with E-state index in [1.807, 2.05) is 18.2 Å². The summed E-state index contributed by atoms with van der Waals surface area (Å²) in [5.41, 5.74) is 2.78. The molecular weight excluding hydrogens is 433 g/mol. The first-order valence-electron chi connectivity index (χ1n) is 9.27. The number of benzene rings is 2. The molecule has 0 fully saturated rings. The summed E-state index contributed by atoms with van der Waals surface area (Å²) in [5, 5.41) is 5.00. The first kappa shape index (κ1) is 20.3. The number of halogens is 2. The minimum atomic E-state index is -3.35. The second-order valence-corrected chi connectivity index (χ2v) is 9.96. The van der Waals surface area contributed by atoms with Crippen molar-refractivity contribution in [2.24, 2.45) is 0 Å². The van der Waals surface area contributed by atoms with Crippen LogP contribution in [-0.2, 0) is 21.1 Å². The van der Waals surface area contributed by atoms with Gasteiger partial charge in [0, 0.05) is 27.4 Å². The predicted octanol–water partition coefficient (Wildman–Crippen LogP) is 4.23. The van der Waals surface area contributed by atoms with Crippen molar-refractivity contribution in [2.75, 3.05) is 12.4 Å². The number of sulfone groups is 1. The summed E-state index contributed by atoms with van der Waals surface area (Å²) in [5.74, 6) is 0.473. The highest BCUT2D eigenvalue weighted by molar-refractivity contribution is 7.94. The van der Waals surface area contributed by atoms with Crippen molar-refractivity contribution < 1.29 is 17.9 Å². The van der Waals surface area contributed by atoms with Crippen molar-refractivity contribution in [3.8, 4) is 5.75 Å². The molecular formula is C21H19Cl2NO4S. The Morgan fingerprint density at radius 2 is 1.93 bits per heavy atom. The van der Waals surface area contributed by atoms with E-state index < -0.39 is 21.8 Å². The van der Waals surface area contributed by atoms with E-state index in [2.05, 4.69) is 5.32 Å². The second kappa shape index (κ2) is 8.01. The first-order chi connectivity index (χ1) is 13.8. The maximum atomic E-state index is 12.9. The molecule has 152 valence electrons. The van der Waals surface area contributed by atoms with Gasteiger partial charge in [-0.2, -0.15) is 0 Å². The summed E-state index contributed by atoms with van der Waals surface area (Å²) in [6.45, 7) is 0.623. The van der Waals surface area contributed by atoms with Gasteiger partial charge in [0.15, 0.2) is 9.84 Å². The molecule has 0 spiro atoms. The van der Waals surface area contributed by atoms with Crippen LogP contribution in [0.1, 0.15) is 35.6 Å². The highest BCUT2D eigenvalue weighted by atomic mass is 35.5. The van der Waals surface area contributed by atoms with Gasteiger partial charge < -0.3 is 10.1 Å². The Morgan fingerprint density at radius 3 is 2.72 bits per heavy atom. The summed E-state index contributed by atoms with van der Waals surface area (Å²) in [6.07, 6.45) is 1.63. The van der Waals surface area contributed by atoms with Gasteiger partial charge in [-0.15, -0.1) is 0 Å². The van der Waals surface area contributed by atoms with Crippen LogP contribution in [0, 0.1) is 0 Å². The smallest absolute Gasteiger partial charge is 0.248 e. The molecule has 0 radical (unpaired) electrons. The lowest BCUT2D eigenvalue weighted by atomic mass is 9.95. The number of carbonyl (C=O) groups excluding carboxylic acids is 1. The Bertz CT molecular complexity index is 1110. The van der Waals surface area contributed by atoms with E-state index in [4.69, 9.17) is 27.9 Å². The zero-order valence-electron chi connectivity index (χ0n) is 15.5. The van der Waals surface area contributed by atoms with Crippen LogP contribution < -0.4 is 10.1 Å². The number of nitrogens with one attached hydrogen (secondary N) is 1. The van der Waals surface area contributed by atoms with Gasteiger partial charge in [-0.3, -0.25) is 4.79 Å². The van der Waals surface area contributed by atoms with Crippen LogP contribution in [-0.4, -0.2) is 26.7 Å². The number of hydrogen-bond donors (Lipinski definition) is 1. The van der Waals surface area contributed by atoms with Crippen molar-refractivity contribution in [3.05, 3.63) is 74.1 Å². The number of ether oxygens (including phenoxy) is 1. The van der Waals surface area contributed by atoms with Crippen LogP contribution >= 0.6 is 23.2 Å². The van der Waals surface area contributed by atoms with E-state index in [0.717, 1.165) is 28.7 Å². The third-order valence-electron chi connectivity index (χ3n) is 5.08. The predicted molar refractivity (Wildman–Crippen MR) is 113 cm³/mol. The normalized spacial score (nSPS) is 18.3. The van der Waals surface area contributed by atoms with Crippen molar-refractivity contribution in [3.63, 3.8) is 0 Å². The van der Waals surface area contributed by atoms with Gasteiger partial charge in [-0.25, -0.2) is 8.42 Å². The molecule has 8 heteroatoms. The Labute approximate surface area is 179 Å². The molecule has 1 amide bonds. The molecule has 1 atom stereocenters. The van der Waals surface area contributed by atoms with E-state index in [1.165, 1.54) is 0 Å². The second-order valence-electron chi connectivity index (χ2n) is 7.15. The molecule has 2 aliphatic rings. The maximum absolute atomic E-state index is 12.9. The van der Waals surface area contributed by atoms with E-state index in [-0.39, 0.29) is 11.3 Å². The van der Waals surface area contributed by atoms with Gasteiger partial charge in [0.2, 0.25) is 5.91 Å². The number of fused-ring (bicyclic) bond motifs is 1. The Balaban J connectivity index is 1.74. The van der Waals surface area contributed by atoms with Crippen LogP contribution in [0.4, 0.5) is 0 Å². The summed E-state index contributed by atoms with van der Waals surface area (Å²) < 4.78 is 29.4. The van der Waals surface area contributed by atoms with Crippen LogP contribution in [0.3, 0.4) is 0 Å². The number of hydrogen-bond acceptors (Lipinski definition) is 4. The molecule has 0 aliphatic carbocycles. The van der Waals surface area contributed by atoms with E-state index in [1.54, 1.807) is 18.2 Å². The monoisotopic (exact) mass is 451 g/mol. The molecule has 0 saturated carbocycles. The molecule has 1 unspecified atom stereocenters. The molecule has 1 N–H and O–H groups in total.